The van der Waals surface area contributed by atoms with Crippen LogP contribution in [0.3, 0.4) is 0 Å². The molecule has 0 aliphatic heterocycles. The maximum absolute atomic E-state index is 12.0. The fourth-order valence-electron chi connectivity index (χ4n) is 3.02. The molecule has 1 rings (SSSR count). The summed E-state index contributed by atoms with van der Waals surface area (Å²) < 4.78 is 24.0. The Kier molecular flexibility index (Phi) is 11.7. The number of anilines is 1. The molecule has 148 valence electrons. The third kappa shape index (κ3) is 11.1. The molecule has 1 aromatic rings. The predicted molar refractivity (Wildman–Crippen MR) is 103 cm³/mol. The highest BCUT2D eigenvalue weighted by Crippen LogP contribution is 2.16. The van der Waals surface area contributed by atoms with Gasteiger partial charge in [-0.3, -0.25) is 4.79 Å². The van der Waals surface area contributed by atoms with Gasteiger partial charge >= 0.3 is 5.97 Å². The summed E-state index contributed by atoms with van der Waals surface area (Å²) in [6.07, 6.45) is 7.06. The first-order valence-electron chi connectivity index (χ1n) is 9.86. The van der Waals surface area contributed by atoms with Gasteiger partial charge in [-0.05, 0) is 43.4 Å². The molecule has 1 atom stereocenters. The topological polar surface area (TPSA) is 49.3 Å². The molecule has 5 heteroatoms. The van der Waals surface area contributed by atoms with E-state index in [1.54, 1.807) is 0 Å². The molecular formula is C21H33F2NO2. The number of alkyl halides is 2. The van der Waals surface area contributed by atoms with E-state index in [1.165, 1.54) is 18.4 Å². The molecular weight excluding hydrogens is 336 g/mol. The smallest absolute Gasteiger partial charge is 0.305 e. The average molecular weight is 369 g/mol. The molecule has 0 heterocycles. The Morgan fingerprint density at radius 2 is 1.58 bits per heavy atom. The summed E-state index contributed by atoms with van der Waals surface area (Å²) in [5.41, 5.74) is 2.25. The molecule has 0 saturated heterocycles. The van der Waals surface area contributed by atoms with Crippen molar-refractivity contribution in [2.45, 2.75) is 90.0 Å². The zero-order valence-electron chi connectivity index (χ0n) is 15.9. The minimum absolute atomic E-state index is 0.0418. The van der Waals surface area contributed by atoms with Crippen molar-refractivity contribution in [3.8, 4) is 0 Å². The Labute approximate surface area is 156 Å². The molecule has 0 bridgehead atoms. The number of carboxylic acids is 1. The normalized spacial score (nSPS) is 12.3. The van der Waals surface area contributed by atoms with Gasteiger partial charge in [-0.15, -0.1) is 0 Å². The van der Waals surface area contributed by atoms with E-state index in [0.717, 1.165) is 44.2 Å². The van der Waals surface area contributed by atoms with E-state index in [4.69, 9.17) is 5.11 Å². The van der Waals surface area contributed by atoms with Crippen molar-refractivity contribution >= 4 is 11.7 Å². The summed E-state index contributed by atoms with van der Waals surface area (Å²) in [7, 11) is 0. The van der Waals surface area contributed by atoms with Crippen LogP contribution in [0.15, 0.2) is 24.3 Å². The van der Waals surface area contributed by atoms with Gasteiger partial charge in [-0.25, -0.2) is 8.78 Å². The van der Waals surface area contributed by atoms with Crippen molar-refractivity contribution in [1.29, 1.82) is 0 Å². The van der Waals surface area contributed by atoms with Crippen molar-refractivity contribution in [2.24, 2.45) is 0 Å². The average Bonchev–Trinajstić information content (AvgIpc) is 2.60. The summed E-state index contributed by atoms with van der Waals surface area (Å²) in [5.74, 6) is -0.782. The van der Waals surface area contributed by atoms with Crippen LogP contribution in [-0.2, 0) is 11.2 Å². The van der Waals surface area contributed by atoms with Crippen LogP contribution in [-0.4, -0.2) is 23.5 Å². The molecule has 3 nitrogen and oxygen atoms in total. The second kappa shape index (κ2) is 13.5. The summed E-state index contributed by atoms with van der Waals surface area (Å²) in [6.45, 7) is 1.98. The van der Waals surface area contributed by atoms with Crippen LogP contribution in [0.4, 0.5) is 14.5 Å². The molecule has 0 radical (unpaired) electrons. The van der Waals surface area contributed by atoms with E-state index in [9.17, 15) is 13.6 Å². The van der Waals surface area contributed by atoms with Crippen LogP contribution in [0.2, 0.25) is 0 Å². The van der Waals surface area contributed by atoms with Gasteiger partial charge in [-0.2, -0.15) is 0 Å². The fraction of sp³-hybridized carbons (Fsp3) is 0.667. The number of carbonyl (C=O) groups is 1. The molecule has 0 aromatic heterocycles. The van der Waals surface area contributed by atoms with Crippen LogP contribution in [0, 0.1) is 0 Å². The van der Waals surface area contributed by atoms with Gasteiger partial charge < -0.3 is 10.4 Å². The summed E-state index contributed by atoms with van der Waals surface area (Å²) in [4.78, 5) is 10.8. The molecule has 0 spiro atoms. The van der Waals surface area contributed by atoms with Crippen LogP contribution in [0.1, 0.15) is 76.7 Å². The summed E-state index contributed by atoms with van der Waals surface area (Å²) in [6, 6.07) is 8.19. The lowest BCUT2D eigenvalue weighted by Gasteiger charge is -2.16. The Hall–Kier alpha value is -1.65. The first kappa shape index (κ1) is 22.4. The highest BCUT2D eigenvalue weighted by Gasteiger charge is 2.10. The zero-order chi connectivity index (χ0) is 19.2. The van der Waals surface area contributed by atoms with Crippen molar-refractivity contribution in [2.75, 3.05) is 5.32 Å². The monoisotopic (exact) mass is 369 g/mol. The number of hydrogen-bond acceptors (Lipinski definition) is 2. The van der Waals surface area contributed by atoms with Crippen molar-refractivity contribution < 1.29 is 18.7 Å². The first-order chi connectivity index (χ1) is 12.5. The zero-order valence-corrected chi connectivity index (χ0v) is 15.9. The minimum atomic E-state index is -2.15. The second-order valence-electron chi connectivity index (χ2n) is 6.95. The Balaban J connectivity index is 2.14. The predicted octanol–water partition coefficient (Wildman–Crippen LogP) is 6.28. The van der Waals surface area contributed by atoms with E-state index < -0.39 is 12.4 Å². The van der Waals surface area contributed by atoms with E-state index in [0.29, 0.717) is 6.42 Å². The minimum Gasteiger partial charge on any atom is -0.481 e. The third-order valence-corrected chi connectivity index (χ3v) is 4.63. The Morgan fingerprint density at radius 1 is 1.00 bits per heavy atom. The number of aliphatic carboxylic acids is 1. The maximum atomic E-state index is 12.0. The number of halogens is 2. The van der Waals surface area contributed by atoms with E-state index in [-0.39, 0.29) is 18.9 Å². The lowest BCUT2D eigenvalue weighted by Crippen LogP contribution is -2.22. The van der Waals surface area contributed by atoms with Crippen LogP contribution < -0.4 is 5.32 Å². The SMILES string of the molecule is CCC(CC(=O)O)Nc1ccc(CCCCCCCCCC(F)F)cc1. The van der Waals surface area contributed by atoms with Crippen molar-refractivity contribution in [3.63, 3.8) is 0 Å². The van der Waals surface area contributed by atoms with E-state index >= 15 is 0 Å². The highest BCUT2D eigenvalue weighted by molar-refractivity contribution is 5.68. The van der Waals surface area contributed by atoms with Gasteiger partial charge in [0.15, 0.2) is 0 Å². The first-order valence-corrected chi connectivity index (χ1v) is 9.86. The molecule has 2 N–H and O–H groups in total. The number of nitrogens with one attached hydrogen (secondary N) is 1. The van der Waals surface area contributed by atoms with Crippen LogP contribution in [0.5, 0.6) is 0 Å². The summed E-state index contributed by atoms with van der Waals surface area (Å²) in [5, 5.41) is 12.2. The highest BCUT2D eigenvalue weighted by atomic mass is 19.3. The largest absolute Gasteiger partial charge is 0.481 e. The van der Waals surface area contributed by atoms with Crippen LogP contribution >= 0.6 is 0 Å². The summed E-state index contributed by atoms with van der Waals surface area (Å²) >= 11 is 0. The van der Waals surface area contributed by atoms with Crippen molar-refractivity contribution in [3.05, 3.63) is 29.8 Å². The van der Waals surface area contributed by atoms with Gasteiger partial charge in [0, 0.05) is 18.2 Å². The molecule has 1 unspecified atom stereocenters. The van der Waals surface area contributed by atoms with Gasteiger partial charge in [0.05, 0.1) is 6.42 Å². The van der Waals surface area contributed by atoms with E-state index in [1.807, 2.05) is 19.1 Å². The molecule has 0 amide bonds. The van der Waals surface area contributed by atoms with Crippen LogP contribution in [0.25, 0.3) is 0 Å². The molecule has 26 heavy (non-hydrogen) atoms. The molecule has 0 aliphatic carbocycles. The second-order valence-corrected chi connectivity index (χ2v) is 6.95. The Bertz CT molecular complexity index is 491. The van der Waals surface area contributed by atoms with Gasteiger partial charge in [0.1, 0.15) is 0 Å². The lowest BCUT2D eigenvalue weighted by atomic mass is 10.0. The fourth-order valence-corrected chi connectivity index (χ4v) is 3.02. The van der Waals surface area contributed by atoms with Gasteiger partial charge in [0.2, 0.25) is 6.43 Å². The Morgan fingerprint density at radius 3 is 2.12 bits per heavy atom. The number of carboxylic acid groups (broad SMARTS) is 1. The number of aryl methyl sites for hydroxylation is 1. The standard InChI is InChI=1S/C21H33F2NO2/c1-2-18(16-21(25)26)24-19-14-12-17(13-15-19)10-8-6-4-3-5-7-9-11-20(22)23/h12-15,18,20,24H,2-11,16H2,1H3,(H,25,26). The maximum Gasteiger partial charge on any atom is 0.305 e. The quantitative estimate of drug-likeness (QED) is 0.358. The number of hydrogen-bond donors (Lipinski definition) is 2. The van der Waals surface area contributed by atoms with Crippen molar-refractivity contribution in [1.82, 2.24) is 0 Å². The van der Waals surface area contributed by atoms with Gasteiger partial charge in [-0.1, -0.05) is 51.2 Å². The molecule has 0 fully saturated rings. The van der Waals surface area contributed by atoms with E-state index in [2.05, 4.69) is 17.4 Å². The van der Waals surface area contributed by atoms with Gasteiger partial charge in [0.25, 0.3) is 0 Å². The number of unbranched alkanes of at least 4 members (excludes halogenated alkanes) is 6. The lowest BCUT2D eigenvalue weighted by molar-refractivity contribution is -0.137. The number of rotatable bonds is 15. The molecule has 0 aliphatic rings. The third-order valence-electron chi connectivity index (χ3n) is 4.63. The molecule has 0 saturated carbocycles. The molecule has 1 aromatic carbocycles. The number of benzene rings is 1.